The second-order valence-electron chi connectivity index (χ2n) is 5.64. The molecule has 118 valence electrons. The molecule has 1 atom stereocenters. The molecule has 0 spiro atoms. The molecule has 1 aliphatic heterocycles. The highest BCUT2D eigenvalue weighted by molar-refractivity contribution is 6.30. The molecule has 1 N–H and O–H groups in total. The van der Waals surface area contributed by atoms with Crippen LogP contribution >= 0.6 is 11.6 Å². The van der Waals surface area contributed by atoms with Gasteiger partial charge in [-0.3, -0.25) is 0 Å². The number of nitrogens with one attached hydrogen (secondary N) is 1. The van der Waals surface area contributed by atoms with E-state index in [1.165, 1.54) is 0 Å². The molecule has 4 nitrogen and oxygen atoms in total. The van der Waals surface area contributed by atoms with Gasteiger partial charge in [0.25, 0.3) is 0 Å². The smallest absolute Gasteiger partial charge is 0.142 e. The zero-order valence-corrected chi connectivity index (χ0v) is 13.7. The topological polar surface area (TPSA) is 37.6 Å². The number of furan rings is 1. The van der Waals surface area contributed by atoms with Crippen molar-refractivity contribution in [1.82, 2.24) is 5.32 Å². The van der Waals surface area contributed by atoms with Gasteiger partial charge in [-0.25, -0.2) is 0 Å². The Hall–Kier alpha value is -1.65. The number of anilines is 1. The molecule has 0 aliphatic carbocycles. The van der Waals surface area contributed by atoms with E-state index in [1.54, 1.807) is 7.11 Å². The van der Waals surface area contributed by atoms with E-state index in [0.29, 0.717) is 6.04 Å². The lowest BCUT2D eigenvalue weighted by Gasteiger charge is -2.21. The zero-order chi connectivity index (χ0) is 15.5. The Balaban J connectivity index is 1.61. The number of halogens is 1. The summed E-state index contributed by atoms with van der Waals surface area (Å²) in [4.78, 5) is 2.32. The van der Waals surface area contributed by atoms with Crippen LogP contribution in [0.5, 0.6) is 5.75 Å². The second kappa shape index (κ2) is 6.63. The Morgan fingerprint density at radius 3 is 2.95 bits per heavy atom. The van der Waals surface area contributed by atoms with E-state index in [9.17, 15) is 0 Å². The number of hydrogen-bond acceptors (Lipinski definition) is 4. The highest BCUT2D eigenvalue weighted by Crippen LogP contribution is 2.33. The van der Waals surface area contributed by atoms with Crippen LogP contribution < -0.4 is 15.0 Å². The third-order valence-electron chi connectivity index (χ3n) is 4.03. The molecule has 2 heterocycles. The van der Waals surface area contributed by atoms with Crippen LogP contribution in [-0.2, 0) is 6.54 Å². The van der Waals surface area contributed by atoms with Gasteiger partial charge in [0.15, 0.2) is 0 Å². The molecule has 2 aromatic rings. The molecule has 1 saturated heterocycles. The lowest BCUT2D eigenvalue weighted by Crippen LogP contribution is -2.32. The largest absolute Gasteiger partial charge is 0.495 e. The Bertz CT molecular complexity index is 641. The van der Waals surface area contributed by atoms with Crippen molar-refractivity contribution < 1.29 is 9.15 Å². The fourth-order valence-corrected chi connectivity index (χ4v) is 3.05. The standard InChI is InChI=1S/C17H21ClN2O2/c1-12-3-5-15(22-12)10-19-14-7-8-20(11-14)16-9-13(18)4-6-17(16)21-2/h3-6,9,14,19H,7-8,10-11H2,1-2H3. The molecule has 1 fully saturated rings. The van der Waals surface area contributed by atoms with Crippen molar-refractivity contribution in [1.29, 1.82) is 0 Å². The van der Waals surface area contributed by atoms with Crippen molar-refractivity contribution in [2.24, 2.45) is 0 Å². The van der Waals surface area contributed by atoms with E-state index < -0.39 is 0 Å². The first-order valence-electron chi connectivity index (χ1n) is 7.53. The molecule has 3 rings (SSSR count). The van der Waals surface area contributed by atoms with Crippen molar-refractivity contribution in [3.05, 3.63) is 46.9 Å². The van der Waals surface area contributed by atoms with Crippen LogP contribution in [-0.4, -0.2) is 26.2 Å². The van der Waals surface area contributed by atoms with Crippen molar-refractivity contribution in [2.75, 3.05) is 25.1 Å². The van der Waals surface area contributed by atoms with Gasteiger partial charge in [0, 0.05) is 24.2 Å². The number of hydrogen-bond donors (Lipinski definition) is 1. The summed E-state index contributed by atoms with van der Waals surface area (Å²) in [5, 5.41) is 4.29. The van der Waals surface area contributed by atoms with Crippen molar-refractivity contribution in [3.8, 4) is 5.75 Å². The van der Waals surface area contributed by atoms with Gasteiger partial charge >= 0.3 is 0 Å². The average Bonchev–Trinajstić information content (AvgIpc) is 3.14. The molecule has 0 radical (unpaired) electrons. The van der Waals surface area contributed by atoms with Crippen LogP contribution in [0.25, 0.3) is 0 Å². The summed E-state index contributed by atoms with van der Waals surface area (Å²) in [5.41, 5.74) is 1.06. The quantitative estimate of drug-likeness (QED) is 0.913. The number of rotatable bonds is 5. The monoisotopic (exact) mass is 320 g/mol. The van der Waals surface area contributed by atoms with Crippen LogP contribution in [0.3, 0.4) is 0 Å². The van der Waals surface area contributed by atoms with Gasteiger partial charge in [-0.1, -0.05) is 11.6 Å². The lowest BCUT2D eigenvalue weighted by atomic mass is 10.2. The van der Waals surface area contributed by atoms with Gasteiger partial charge in [-0.05, 0) is 43.7 Å². The van der Waals surface area contributed by atoms with Crippen molar-refractivity contribution in [3.63, 3.8) is 0 Å². The van der Waals surface area contributed by atoms with Crippen molar-refractivity contribution in [2.45, 2.75) is 25.9 Å². The Morgan fingerprint density at radius 1 is 1.36 bits per heavy atom. The van der Waals surface area contributed by atoms with E-state index in [2.05, 4.69) is 10.2 Å². The van der Waals surface area contributed by atoms with E-state index in [1.807, 2.05) is 37.3 Å². The molecular formula is C17H21ClN2O2. The Kier molecular flexibility index (Phi) is 4.60. The maximum Gasteiger partial charge on any atom is 0.142 e. The summed E-state index contributed by atoms with van der Waals surface area (Å²) in [6.07, 6.45) is 1.09. The van der Waals surface area contributed by atoms with Gasteiger partial charge in [0.1, 0.15) is 17.3 Å². The van der Waals surface area contributed by atoms with Gasteiger partial charge in [-0.2, -0.15) is 0 Å². The molecule has 1 aliphatic rings. The van der Waals surface area contributed by atoms with Gasteiger partial charge < -0.3 is 19.4 Å². The minimum Gasteiger partial charge on any atom is -0.495 e. The Labute approximate surface area is 136 Å². The predicted octanol–water partition coefficient (Wildman–Crippen LogP) is 3.62. The summed E-state index contributed by atoms with van der Waals surface area (Å²) < 4.78 is 11.0. The maximum absolute atomic E-state index is 6.12. The van der Waals surface area contributed by atoms with Gasteiger partial charge in [-0.15, -0.1) is 0 Å². The van der Waals surface area contributed by atoms with E-state index >= 15 is 0 Å². The predicted molar refractivity (Wildman–Crippen MR) is 88.9 cm³/mol. The van der Waals surface area contributed by atoms with Crippen molar-refractivity contribution >= 4 is 17.3 Å². The van der Waals surface area contributed by atoms with Gasteiger partial charge in [0.2, 0.25) is 0 Å². The molecule has 0 saturated carbocycles. The highest BCUT2D eigenvalue weighted by atomic mass is 35.5. The molecule has 0 amide bonds. The number of methoxy groups -OCH3 is 1. The van der Waals surface area contributed by atoms with E-state index in [-0.39, 0.29) is 0 Å². The van der Waals surface area contributed by atoms with Crippen LogP contribution in [0.15, 0.2) is 34.7 Å². The number of aryl methyl sites for hydroxylation is 1. The maximum atomic E-state index is 6.12. The molecular weight excluding hydrogens is 300 g/mol. The first-order chi connectivity index (χ1) is 10.7. The molecule has 1 aromatic carbocycles. The third kappa shape index (κ3) is 3.39. The SMILES string of the molecule is COc1ccc(Cl)cc1N1CCC(NCc2ccc(C)o2)C1. The summed E-state index contributed by atoms with van der Waals surface area (Å²) in [6.45, 7) is 4.66. The van der Waals surface area contributed by atoms with Crippen LogP contribution in [0.4, 0.5) is 5.69 Å². The van der Waals surface area contributed by atoms with E-state index in [0.717, 1.165) is 54.0 Å². The van der Waals surface area contributed by atoms with E-state index in [4.69, 9.17) is 20.8 Å². The summed E-state index contributed by atoms with van der Waals surface area (Å²) in [5.74, 6) is 2.80. The second-order valence-corrected chi connectivity index (χ2v) is 6.08. The van der Waals surface area contributed by atoms with Gasteiger partial charge in [0.05, 0.1) is 19.3 Å². The molecule has 0 bridgehead atoms. The number of benzene rings is 1. The summed E-state index contributed by atoms with van der Waals surface area (Å²) >= 11 is 6.12. The summed E-state index contributed by atoms with van der Waals surface area (Å²) in [7, 11) is 1.69. The summed E-state index contributed by atoms with van der Waals surface area (Å²) in [6, 6.07) is 10.2. The minimum atomic E-state index is 0.439. The van der Waals surface area contributed by atoms with Crippen LogP contribution in [0, 0.1) is 6.92 Å². The number of nitrogens with zero attached hydrogens (tertiary/aromatic N) is 1. The molecule has 22 heavy (non-hydrogen) atoms. The Morgan fingerprint density at radius 2 is 2.23 bits per heavy atom. The minimum absolute atomic E-state index is 0.439. The zero-order valence-electron chi connectivity index (χ0n) is 12.9. The highest BCUT2D eigenvalue weighted by Gasteiger charge is 2.24. The third-order valence-corrected chi connectivity index (χ3v) is 4.27. The first-order valence-corrected chi connectivity index (χ1v) is 7.90. The fourth-order valence-electron chi connectivity index (χ4n) is 2.88. The van der Waals surface area contributed by atoms with Crippen LogP contribution in [0.1, 0.15) is 17.9 Å². The molecule has 5 heteroatoms. The lowest BCUT2D eigenvalue weighted by molar-refractivity contribution is 0.414. The average molecular weight is 321 g/mol. The first kappa shape index (κ1) is 15.3. The van der Waals surface area contributed by atoms with Crippen LogP contribution in [0.2, 0.25) is 5.02 Å². The molecule has 1 unspecified atom stereocenters. The molecule has 1 aromatic heterocycles. The fraction of sp³-hybridized carbons (Fsp3) is 0.412. The number of ether oxygens (including phenoxy) is 1. The normalized spacial score (nSPS) is 18.0.